The number of nitrogens with one attached hydrogen (secondary N) is 1. The fraction of sp³-hybridized carbons (Fsp3) is 0.562. The fourth-order valence-corrected chi connectivity index (χ4v) is 2.94. The number of rotatable bonds is 4. The summed E-state index contributed by atoms with van der Waals surface area (Å²) in [4.78, 5) is 14.3. The van der Waals surface area contributed by atoms with Gasteiger partial charge in [-0.15, -0.1) is 0 Å². The largest absolute Gasteiger partial charge is 0.497 e. The van der Waals surface area contributed by atoms with E-state index in [4.69, 9.17) is 14.2 Å². The van der Waals surface area contributed by atoms with E-state index >= 15 is 0 Å². The van der Waals surface area contributed by atoms with Crippen molar-refractivity contribution in [2.75, 3.05) is 45.3 Å². The first-order valence-electron chi connectivity index (χ1n) is 7.63. The third-order valence-corrected chi connectivity index (χ3v) is 4.15. The molecule has 6 nitrogen and oxygen atoms in total. The van der Waals surface area contributed by atoms with Crippen molar-refractivity contribution in [3.05, 3.63) is 24.3 Å². The van der Waals surface area contributed by atoms with Gasteiger partial charge in [-0.3, -0.25) is 9.69 Å². The lowest BCUT2D eigenvalue weighted by Crippen LogP contribution is -2.47. The summed E-state index contributed by atoms with van der Waals surface area (Å²) in [6.07, 6.45) is 1.64. The number of ether oxygens (including phenoxy) is 3. The summed E-state index contributed by atoms with van der Waals surface area (Å²) >= 11 is 0. The number of piperidine rings is 1. The normalized spacial score (nSPS) is 21.0. The van der Waals surface area contributed by atoms with Gasteiger partial charge < -0.3 is 19.5 Å². The Morgan fingerprint density at radius 2 is 2.05 bits per heavy atom. The van der Waals surface area contributed by atoms with Gasteiger partial charge in [0.05, 0.1) is 26.9 Å². The van der Waals surface area contributed by atoms with Crippen LogP contribution in [0.15, 0.2) is 24.3 Å². The first-order chi connectivity index (χ1) is 10.7. The van der Waals surface area contributed by atoms with Crippen LogP contribution in [0.3, 0.4) is 0 Å². The van der Waals surface area contributed by atoms with Crippen LogP contribution in [0.5, 0.6) is 5.75 Å². The van der Waals surface area contributed by atoms with Gasteiger partial charge >= 0.3 is 0 Å². The number of carbonyl (C=O) groups is 1. The molecule has 1 N–H and O–H groups in total. The van der Waals surface area contributed by atoms with E-state index in [0.29, 0.717) is 19.8 Å². The summed E-state index contributed by atoms with van der Waals surface area (Å²) in [6, 6.07) is 7.37. The molecule has 1 aromatic carbocycles. The number of carbonyl (C=O) groups excluding carboxylic acids is 1. The molecule has 1 spiro atoms. The number of hydrogen-bond donors (Lipinski definition) is 1. The topological polar surface area (TPSA) is 60.0 Å². The van der Waals surface area contributed by atoms with Crippen LogP contribution in [0.1, 0.15) is 12.8 Å². The second-order valence-corrected chi connectivity index (χ2v) is 5.66. The van der Waals surface area contributed by atoms with Gasteiger partial charge in [0.15, 0.2) is 5.79 Å². The number of methoxy groups -OCH3 is 1. The molecule has 0 atom stereocenters. The van der Waals surface area contributed by atoms with Gasteiger partial charge in [0.2, 0.25) is 5.91 Å². The third kappa shape index (κ3) is 3.58. The molecule has 2 aliphatic rings. The lowest BCUT2D eigenvalue weighted by Gasteiger charge is -2.37. The van der Waals surface area contributed by atoms with Crippen LogP contribution in [-0.2, 0) is 14.3 Å². The van der Waals surface area contributed by atoms with Gasteiger partial charge in [0.25, 0.3) is 0 Å². The molecule has 3 rings (SSSR count). The Balaban J connectivity index is 1.48. The minimum Gasteiger partial charge on any atom is -0.497 e. The number of nitrogens with zero attached hydrogens (tertiary/aromatic N) is 1. The minimum absolute atomic E-state index is 0.0162. The van der Waals surface area contributed by atoms with Crippen LogP contribution in [0.2, 0.25) is 0 Å². The zero-order chi connectivity index (χ0) is 15.4. The summed E-state index contributed by atoms with van der Waals surface area (Å²) in [5.74, 6) is 0.325. The van der Waals surface area contributed by atoms with Gasteiger partial charge in [0, 0.05) is 37.7 Å². The molecule has 0 radical (unpaired) electrons. The second-order valence-electron chi connectivity index (χ2n) is 5.66. The average molecular weight is 306 g/mol. The number of benzene rings is 1. The lowest BCUT2D eigenvalue weighted by atomic mass is 10.0. The first kappa shape index (κ1) is 15.3. The van der Waals surface area contributed by atoms with Crippen LogP contribution in [-0.4, -0.2) is 56.6 Å². The predicted molar refractivity (Wildman–Crippen MR) is 81.9 cm³/mol. The van der Waals surface area contributed by atoms with Gasteiger partial charge in [-0.2, -0.15) is 0 Å². The second kappa shape index (κ2) is 6.64. The van der Waals surface area contributed by atoms with Crippen molar-refractivity contribution in [1.82, 2.24) is 4.90 Å². The maximum absolute atomic E-state index is 12.1. The summed E-state index contributed by atoms with van der Waals surface area (Å²) in [7, 11) is 1.61. The molecule has 120 valence electrons. The molecule has 1 aromatic rings. The van der Waals surface area contributed by atoms with Gasteiger partial charge in [-0.1, -0.05) is 6.07 Å². The molecule has 1 amide bonds. The highest BCUT2D eigenvalue weighted by Crippen LogP contribution is 2.31. The van der Waals surface area contributed by atoms with Crippen molar-refractivity contribution in [1.29, 1.82) is 0 Å². The number of anilines is 1. The quantitative estimate of drug-likeness (QED) is 0.913. The van der Waals surface area contributed by atoms with Crippen LogP contribution in [0, 0.1) is 0 Å². The van der Waals surface area contributed by atoms with Crippen LogP contribution >= 0.6 is 0 Å². The highest BCUT2D eigenvalue weighted by Gasteiger charge is 2.39. The Morgan fingerprint density at radius 3 is 2.73 bits per heavy atom. The van der Waals surface area contributed by atoms with Crippen molar-refractivity contribution in [3.8, 4) is 5.75 Å². The number of likely N-dealkylation sites (tertiary alicyclic amines) is 1. The maximum atomic E-state index is 12.1. The van der Waals surface area contributed by atoms with Crippen molar-refractivity contribution < 1.29 is 19.0 Å². The summed E-state index contributed by atoms with van der Waals surface area (Å²) in [5, 5.41) is 2.90. The fourth-order valence-electron chi connectivity index (χ4n) is 2.94. The molecule has 22 heavy (non-hydrogen) atoms. The Morgan fingerprint density at radius 1 is 1.32 bits per heavy atom. The van der Waals surface area contributed by atoms with E-state index in [1.807, 2.05) is 24.3 Å². The Bertz CT molecular complexity index is 519. The first-order valence-corrected chi connectivity index (χ1v) is 7.63. The van der Waals surface area contributed by atoms with E-state index < -0.39 is 0 Å². The summed E-state index contributed by atoms with van der Waals surface area (Å²) < 4.78 is 16.5. The molecule has 0 unspecified atom stereocenters. The van der Waals surface area contributed by atoms with Gasteiger partial charge in [0.1, 0.15) is 5.75 Å². The third-order valence-electron chi connectivity index (χ3n) is 4.15. The monoisotopic (exact) mass is 306 g/mol. The van der Waals surface area contributed by atoms with E-state index in [1.165, 1.54) is 0 Å². The Hall–Kier alpha value is -1.63. The van der Waals surface area contributed by atoms with Crippen molar-refractivity contribution in [2.24, 2.45) is 0 Å². The maximum Gasteiger partial charge on any atom is 0.238 e. The van der Waals surface area contributed by atoms with E-state index in [9.17, 15) is 4.79 Å². The molecule has 0 bridgehead atoms. The average Bonchev–Trinajstić information content (AvgIpc) is 2.98. The SMILES string of the molecule is COc1cccc(NC(=O)CN2CCC3(CC2)OCCO3)c1. The number of amides is 1. The smallest absolute Gasteiger partial charge is 0.238 e. The molecule has 2 heterocycles. The van der Waals surface area contributed by atoms with Gasteiger partial charge in [-0.05, 0) is 12.1 Å². The lowest BCUT2D eigenvalue weighted by molar-refractivity contribution is -0.185. The molecular weight excluding hydrogens is 284 g/mol. The van der Waals surface area contributed by atoms with E-state index in [1.54, 1.807) is 7.11 Å². The van der Waals surface area contributed by atoms with Crippen LogP contribution < -0.4 is 10.1 Å². The number of hydrogen-bond acceptors (Lipinski definition) is 5. The highest BCUT2D eigenvalue weighted by molar-refractivity contribution is 5.92. The Kier molecular flexibility index (Phi) is 4.61. The van der Waals surface area contributed by atoms with Crippen molar-refractivity contribution in [3.63, 3.8) is 0 Å². The van der Waals surface area contributed by atoms with Crippen LogP contribution in [0.25, 0.3) is 0 Å². The molecular formula is C16H22N2O4. The van der Waals surface area contributed by atoms with Gasteiger partial charge in [-0.25, -0.2) is 0 Å². The zero-order valence-electron chi connectivity index (χ0n) is 12.8. The predicted octanol–water partition coefficient (Wildman–Crippen LogP) is 1.47. The van der Waals surface area contributed by atoms with Crippen molar-refractivity contribution in [2.45, 2.75) is 18.6 Å². The van der Waals surface area contributed by atoms with Crippen LogP contribution in [0.4, 0.5) is 5.69 Å². The Labute approximate surface area is 130 Å². The molecule has 0 aromatic heterocycles. The molecule has 0 aliphatic carbocycles. The minimum atomic E-state index is -0.389. The van der Waals surface area contributed by atoms with Crippen molar-refractivity contribution >= 4 is 11.6 Å². The van der Waals surface area contributed by atoms with E-state index in [-0.39, 0.29) is 11.7 Å². The van der Waals surface area contributed by atoms with E-state index in [0.717, 1.165) is 37.4 Å². The molecule has 2 fully saturated rings. The summed E-state index contributed by atoms with van der Waals surface area (Å²) in [5.41, 5.74) is 0.750. The molecule has 6 heteroatoms. The summed E-state index contributed by atoms with van der Waals surface area (Å²) in [6.45, 7) is 3.36. The zero-order valence-corrected chi connectivity index (χ0v) is 12.8. The standard InChI is InChI=1S/C16H22N2O4/c1-20-14-4-2-3-13(11-14)17-15(19)12-18-7-5-16(6-8-18)21-9-10-22-16/h2-4,11H,5-10,12H2,1H3,(H,17,19). The highest BCUT2D eigenvalue weighted by atomic mass is 16.7. The molecule has 0 saturated carbocycles. The van der Waals surface area contributed by atoms with E-state index in [2.05, 4.69) is 10.2 Å². The molecule has 2 saturated heterocycles. The molecule has 2 aliphatic heterocycles.